The third-order valence-electron chi connectivity index (χ3n) is 3.04. The standard InChI is InChI=1S/C16H15IN2O3/c1-10-5-3-4-6-12(10)16(21)19-18-9-11-7-13(17)15(20)14(8-11)22-2/h3-9,20H,1-2H3,(H,19,21)/b18-9-. The Bertz CT molecular complexity index is 729. The van der Waals surface area contributed by atoms with E-state index in [0.29, 0.717) is 20.4 Å². The zero-order valence-electron chi connectivity index (χ0n) is 12.1. The predicted octanol–water partition coefficient (Wildman–Crippen LogP) is 3.08. The summed E-state index contributed by atoms with van der Waals surface area (Å²) in [6.45, 7) is 1.87. The largest absolute Gasteiger partial charge is 0.504 e. The minimum Gasteiger partial charge on any atom is -0.504 e. The Hall–Kier alpha value is -2.09. The number of nitrogens with zero attached hydrogens (tertiary/aromatic N) is 1. The van der Waals surface area contributed by atoms with Crippen molar-refractivity contribution in [1.29, 1.82) is 0 Å². The lowest BCUT2D eigenvalue weighted by atomic mass is 10.1. The number of methoxy groups -OCH3 is 1. The molecule has 0 spiro atoms. The fourth-order valence-electron chi connectivity index (χ4n) is 1.88. The van der Waals surface area contributed by atoms with Gasteiger partial charge in [-0.3, -0.25) is 4.79 Å². The highest BCUT2D eigenvalue weighted by Gasteiger charge is 2.08. The average molecular weight is 410 g/mol. The van der Waals surface area contributed by atoms with E-state index in [-0.39, 0.29) is 11.7 Å². The van der Waals surface area contributed by atoms with E-state index >= 15 is 0 Å². The van der Waals surface area contributed by atoms with Gasteiger partial charge in [0.1, 0.15) is 0 Å². The van der Waals surface area contributed by atoms with Crippen LogP contribution in [0.3, 0.4) is 0 Å². The summed E-state index contributed by atoms with van der Waals surface area (Å²) in [5.41, 5.74) is 4.66. The summed E-state index contributed by atoms with van der Waals surface area (Å²) in [6.07, 6.45) is 1.50. The van der Waals surface area contributed by atoms with Crippen molar-refractivity contribution >= 4 is 34.7 Å². The monoisotopic (exact) mass is 410 g/mol. The molecule has 0 fully saturated rings. The quantitative estimate of drug-likeness (QED) is 0.463. The molecule has 5 nitrogen and oxygen atoms in total. The highest BCUT2D eigenvalue weighted by atomic mass is 127. The number of phenols is 1. The number of hydrazone groups is 1. The number of hydrogen-bond acceptors (Lipinski definition) is 4. The number of carbonyl (C=O) groups excluding carboxylic acids is 1. The van der Waals surface area contributed by atoms with E-state index in [1.165, 1.54) is 13.3 Å². The van der Waals surface area contributed by atoms with Crippen molar-refractivity contribution in [3.63, 3.8) is 0 Å². The molecule has 0 aliphatic rings. The van der Waals surface area contributed by atoms with Gasteiger partial charge < -0.3 is 9.84 Å². The molecule has 0 radical (unpaired) electrons. The molecule has 0 heterocycles. The Morgan fingerprint density at radius 1 is 1.36 bits per heavy atom. The van der Waals surface area contributed by atoms with Crippen LogP contribution in [0.2, 0.25) is 0 Å². The van der Waals surface area contributed by atoms with Crippen molar-refractivity contribution in [1.82, 2.24) is 5.43 Å². The minimum atomic E-state index is -0.269. The summed E-state index contributed by atoms with van der Waals surface area (Å²) >= 11 is 2.00. The van der Waals surface area contributed by atoms with Crippen LogP contribution in [0.25, 0.3) is 0 Å². The molecular weight excluding hydrogens is 395 g/mol. The first-order valence-corrected chi connectivity index (χ1v) is 7.56. The lowest BCUT2D eigenvalue weighted by molar-refractivity contribution is 0.0954. The van der Waals surface area contributed by atoms with E-state index < -0.39 is 0 Å². The third-order valence-corrected chi connectivity index (χ3v) is 3.86. The highest BCUT2D eigenvalue weighted by molar-refractivity contribution is 14.1. The molecule has 2 rings (SSSR count). The molecule has 0 aromatic heterocycles. The Morgan fingerprint density at radius 2 is 2.09 bits per heavy atom. The van der Waals surface area contributed by atoms with Crippen LogP contribution in [-0.2, 0) is 0 Å². The number of amides is 1. The van der Waals surface area contributed by atoms with Crippen molar-refractivity contribution in [2.24, 2.45) is 5.10 Å². The number of aromatic hydroxyl groups is 1. The van der Waals surface area contributed by atoms with Gasteiger partial charge in [0, 0.05) is 5.56 Å². The predicted molar refractivity (Wildman–Crippen MR) is 93.6 cm³/mol. The van der Waals surface area contributed by atoms with Gasteiger partial charge >= 0.3 is 0 Å². The van der Waals surface area contributed by atoms with Crippen molar-refractivity contribution < 1.29 is 14.6 Å². The van der Waals surface area contributed by atoms with Gasteiger partial charge in [0.05, 0.1) is 16.9 Å². The molecule has 0 aliphatic carbocycles. The van der Waals surface area contributed by atoms with Gasteiger partial charge in [0.25, 0.3) is 5.91 Å². The summed E-state index contributed by atoms with van der Waals surface area (Å²) in [5, 5.41) is 13.7. The first kappa shape index (κ1) is 16.3. The summed E-state index contributed by atoms with van der Waals surface area (Å²) in [5.74, 6) is 0.178. The lowest BCUT2D eigenvalue weighted by Crippen LogP contribution is -2.18. The maximum Gasteiger partial charge on any atom is 0.271 e. The first-order chi connectivity index (χ1) is 10.5. The van der Waals surface area contributed by atoms with Crippen LogP contribution in [0.15, 0.2) is 41.5 Å². The summed E-state index contributed by atoms with van der Waals surface area (Å²) < 4.78 is 5.72. The number of benzene rings is 2. The van der Waals surface area contributed by atoms with Crippen LogP contribution < -0.4 is 10.2 Å². The SMILES string of the molecule is COc1cc(/C=N\NC(=O)c2ccccc2C)cc(I)c1O. The Kier molecular flexibility index (Phi) is 5.37. The molecule has 1 amide bonds. The number of aryl methyl sites for hydroxylation is 1. The molecule has 2 aromatic rings. The number of hydrogen-bond donors (Lipinski definition) is 2. The van der Waals surface area contributed by atoms with E-state index in [0.717, 1.165) is 5.56 Å². The topological polar surface area (TPSA) is 70.9 Å². The number of halogens is 1. The van der Waals surface area contributed by atoms with Crippen molar-refractivity contribution in [2.45, 2.75) is 6.92 Å². The highest BCUT2D eigenvalue weighted by Crippen LogP contribution is 2.31. The number of carbonyl (C=O) groups is 1. The molecule has 2 N–H and O–H groups in total. The van der Waals surface area contributed by atoms with Gasteiger partial charge in [-0.05, 0) is 58.8 Å². The van der Waals surface area contributed by atoms with Gasteiger partial charge in [-0.1, -0.05) is 18.2 Å². The fraction of sp³-hybridized carbons (Fsp3) is 0.125. The van der Waals surface area contributed by atoms with Crippen molar-refractivity contribution in [3.8, 4) is 11.5 Å². The van der Waals surface area contributed by atoms with Crippen molar-refractivity contribution in [2.75, 3.05) is 7.11 Å². The molecule has 0 saturated carbocycles. The van der Waals surface area contributed by atoms with E-state index in [4.69, 9.17) is 4.74 Å². The minimum absolute atomic E-state index is 0.0872. The maximum absolute atomic E-state index is 12.0. The molecular formula is C16H15IN2O3. The second-order valence-electron chi connectivity index (χ2n) is 4.57. The Balaban J connectivity index is 2.12. The number of phenolic OH excluding ortho intramolecular Hbond substituents is 1. The summed E-state index contributed by atoms with van der Waals surface area (Å²) in [6, 6.07) is 10.7. The maximum atomic E-state index is 12.0. The molecule has 0 saturated heterocycles. The fourth-order valence-corrected chi connectivity index (χ4v) is 2.50. The average Bonchev–Trinajstić information content (AvgIpc) is 2.50. The zero-order valence-corrected chi connectivity index (χ0v) is 14.3. The smallest absolute Gasteiger partial charge is 0.271 e. The first-order valence-electron chi connectivity index (χ1n) is 6.48. The van der Waals surface area contributed by atoms with Gasteiger partial charge in [0.15, 0.2) is 11.5 Å². The van der Waals surface area contributed by atoms with Crippen LogP contribution >= 0.6 is 22.6 Å². The van der Waals surface area contributed by atoms with E-state index in [1.54, 1.807) is 24.3 Å². The third kappa shape index (κ3) is 3.76. The van der Waals surface area contributed by atoms with Crippen molar-refractivity contribution in [3.05, 3.63) is 56.7 Å². The number of rotatable bonds is 4. The second-order valence-corrected chi connectivity index (χ2v) is 5.73. The second kappa shape index (κ2) is 7.26. The van der Waals surface area contributed by atoms with Crippen LogP contribution in [0, 0.1) is 10.5 Å². The van der Waals surface area contributed by atoms with Crippen LogP contribution in [-0.4, -0.2) is 24.3 Å². The van der Waals surface area contributed by atoms with Crippen LogP contribution in [0.5, 0.6) is 11.5 Å². The normalized spacial score (nSPS) is 10.7. The van der Waals surface area contributed by atoms with Gasteiger partial charge in [-0.2, -0.15) is 5.10 Å². The molecule has 6 heteroatoms. The van der Waals surface area contributed by atoms with Gasteiger partial charge in [-0.15, -0.1) is 0 Å². The number of nitrogens with one attached hydrogen (secondary N) is 1. The van der Waals surface area contributed by atoms with E-state index in [2.05, 4.69) is 10.5 Å². The summed E-state index contributed by atoms with van der Waals surface area (Å²) in [7, 11) is 1.48. The summed E-state index contributed by atoms with van der Waals surface area (Å²) in [4.78, 5) is 12.0. The molecule has 0 atom stereocenters. The van der Waals surface area contributed by atoms with Gasteiger partial charge in [-0.25, -0.2) is 5.43 Å². The molecule has 2 aromatic carbocycles. The Labute approximate surface area is 142 Å². The van der Waals surface area contributed by atoms with Crippen LogP contribution in [0.1, 0.15) is 21.5 Å². The van der Waals surface area contributed by atoms with Gasteiger partial charge in [0.2, 0.25) is 0 Å². The zero-order chi connectivity index (χ0) is 16.1. The molecule has 22 heavy (non-hydrogen) atoms. The van der Waals surface area contributed by atoms with Crippen LogP contribution in [0.4, 0.5) is 0 Å². The Morgan fingerprint density at radius 3 is 2.77 bits per heavy atom. The van der Waals surface area contributed by atoms with E-state index in [9.17, 15) is 9.90 Å². The molecule has 0 unspecified atom stereocenters. The molecule has 0 aliphatic heterocycles. The number of ether oxygens (including phenoxy) is 1. The van der Waals surface area contributed by atoms with E-state index in [1.807, 2.05) is 41.6 Å². The molecule has 0 bridgehead atoms. The lowest BCUT2D eigenvalue weighted by Gasteiger charge is -2.06. The molecule has 114 valence electrons.